The summed E-state index contributed by atoms with van der Waals surface area (Å²) in [5.74, 6) is -0.198. The lowest BCUT2D eigenvalue weighted by Crippen LogP contribution is -2.65. The van der Waals surface area contributed by atoms with Crippen LogP contribution in [0.1, 0.15) is 367 Å². The number of rotatable bonds is 65. The fourth-order valence-corrected chi connectivity index (χ4v) is 13.1. The zero-order valence-corrected chi connectivity index (χ0v) is 57.7. The minimum absolute atomic E-state index is 0.198. The zero-order chi connectivity index (χ0) is 64.5. The molecule has 0 bridgehead atoms. The lowest BCUT2D eigenvalue weighted by Gasteiger charge is -2.46. The Morgan fingerprint density at radius 2 is 0.708 bits per heavy atom. The monoisotopic (exact) mass is 1270 g/mol. The first kappa shape index (κ1) is 83.8. The smallest absolute Gasteiger partial charge is 0.220 e. The molecule has 9 N–H and O–H groups in total. The average Bonchev–Trinajstić information content (AvgIpc) is 2.74. The molecule has 0 saturated carbocycles. The Balaban J connectivity index is 1.51. The van der Waals surface area contributed by atoms with Crippen LogP contribution in [-0.4, -0.2) is 140 Å². The Kier molecular flexibility index (Phi) is 56.9. The molecule has 2 rings (SSSR count). The number of allylic oxidation sites excluding steroid dienone is 2. The van der Waals surface area contributed by atoms with E-state index in [9.17, 15) is 45.6 Å². The van der Waals surface area contributed by atoms with Gasteiger partial charge in [-0.1, -0.05) is 334 Å². The summed E-state index contributed by atoms with van der Waals surface area (Å²) in [6.45, 7) is 2.91. The van der Waals surface area contributed by atoms with Crippen molar-refractivity contribution in [3.05, 3.63) is 12.2 Å². The van der Waals surface area contributed by atoms with Gasteiger partial charge in [0.2, 0.25) is 5.91 Å². The van der Waals surface area contributed by atoms with Crippen molar-refractivity contribution in [2.45, 2.75) is 441 Å². The number of aliphatic hydroxyl groups excluding tert-OH is 8. The summed E-state index contributed by atoms with van der Waals surface area (Å²) in [4.78, 5) is 13.3. The van der Waals surface area contributed by atoms with Crippen molar-refractivity contribution >= 4 is 5.91 Å². The molecule has 2 aliphatic heterocycles. The van der Waals surface area contributed by atoms with Crippen LogP contribution >= 0.6 is 0 Å². The van der Waals surface area contributed by atoms with Crippen molar-refractivity contribution in [3.8, 4) is 0 Å². The third kappa shape index (κ3) is 44.2. The second kappa shape index (κ2) is 60.4. The van der Waals surface area contributed by atoms with Crippen LogP contribution in [0.5, 0.6) is 0 Å². The van der Waals surface area contributed by atoms with Gasteiger partial charge in [0.1, 0.15) is 48.8 Å². The largest absolute Gasteiger partial charge is 0.394 e. The summed E-state index contributed by atoms with van der Waals surface area (Å²) < 4.78 is 22.9. The maximum atomic E-state index is 13.3. The summed E-state index contributed by atoms with van der Waals surface area (Å²) in [5, 5.41) is 87.5. The third-order valence-corrected chi connectivity index (χ3v) is 19.2. The summed E-state index contributed by atoms with van der Waals surface area (Å²) in [5.41, 5.74) is 0. The highest BCUT2D eigenvalue weighted by atomic mass is 16.7. The van der Waals surface area contributed by atoms with E-state index in [4.69, 9.17) is 18.9 Å². The number of hydrogen-bond acceptors (Lipinski definition) is 13. The average molecular weight is 1270 g/mol. The van der Waals surface area contributed by atoms with Gasteiger partial charge in [-0.05, 0) is 38.5 Å². The molecule has 14 heteroatoms. The van der Waals surface area contributed by atoms with E-state index >= 15 is 0 Å². The fraction of sp³-hybridized carbons (Fsp3) is 0.960. The summed E-state index contributed by atoms with van der Waals surface area (Å²) in [6, 6.07) is -0.824. The minimum atomic E-state index is -1.78. The molecule has 2 aliphatic rings. The predicted molar refractivity (Wildman–Crippen MR) is 365 cm³/mol. The van der Waals surface area contributed by atoms with Crippen molar-refractivity contribution in [2.75, 3.05) is 19.8 Å². The molecule has 0 aromatic carbocycles. The lowest BCUT2D eigenvalue weighted by molar-refractivity contribution is -0.359. The molecular formula is C75H145NO13. The van der Waals surface area contributed by atoms with E-state index < -0.39 is 86.8 Å². The number of carbonyl (C=O) groups excluding carboxylic acids is 1. The minimum Gasteiger partial charge on any atom is -0.394 e. The number of carbonyl (C=O) groups is 1. The van der Waals surface area contributed by atoms with Crippen LogP contribution in [0.25, 0.3) is 0 Å². The van der Waals surface area contributed by atoms with Crippen molar-refractivity contribution < 1.29 is 64.6 Å². The summed E-state index contributed by atoms with van der Waals surface area (Å²) >= 11 is 0. The second-order valence-electron chi connectivity index (χ2n) is 27.5. The number of amides is 1. The van der Waals surface area contributed by atoms with Crippen molar-refractivity contribution in [3.63, 3.8) is 0 Å². The molecule has 0 spiro atoms. The number of hydrogen-bond donors (Lipinski definition) is 9. The Labute approximate surface area is 546 Å². The van der Waals surface area contributed by atoms with Gasteiger partial charge in [-0.2, -0.15) is 0 Å². The van der Waals surface area contributed by atoms with Gasteiger partial charge in [0, 0.05) is 6.42 Å². The number of aliphatic hydroxyl groups is 8. The van der Waals surface area contributed by atoms with E-state index in [0.29, 0.717) is 12.8 Å². The molecule has 528 valence electrons. The molecule has 1 amide bonds. The van der Waals surface area contributed by atoms with Gasteiger partial charge in [0.25, 0.3) is 0 Å². The molecule has 89 heavy (non-hydrogen) atoms. The van der Waals surface area contributed by atoms with E-state index in [0.717, 1.165) is 51.4 Å². The Hall–Kier alpha value is -1.27. The number of nitrogens with one attached hydrogen (secondary N) is 1. The topological polar surface area (TPSA) is 228 Å². The van der Waals surface area contributed by atoms with Crippen LogP contribution in [0.15, 0.2) is 12.2 Å². The first-order valence-electron chi connectivity index (χ1n) is 38.4. The van der Waals surface area contributed by atoms with Gasteiger partial charge in [-0.3, -0.25) is 4.79 Å². The molecular weight excluding hydrogens is 1120 g/mol. The lowest BCUT2D eigenvalue weighted by atomic mass is 9.97. The van der Waals surface area contributed by atoms with Gasteiger partial charge in [-0.25, -0.2) is 0 Å². The third-order valence-electron chi connectivity index (χ3n) is 19.2. The zero-order valence-electron chi connectivity index (χ0n) is 57.7. The molecule has 2 saturated heterocycles. The van der Waals surface area contributed by atoms with E-state index in [1.165, 1.54) is 289 Å². The molecule has 12 unspecified atom stereocenters. The Bertz CT molecular complexity index is 1540. The quantitative estimate of drug-likeness (QED) is 0.0204. The summed E-state index contributed by atoms with van der Waals surface area (Å²) in [6.07, 6.45) is 58.5. The van der Waals surface area contributed by atoms with Crippen molar-refractivity contribution in [2.24, 2.45) is 0 Å². The van der Waals surface area contributed by atoms with E-state index in [2.05, 4.69) is 31.3 Å². The molecule has 12 atom stereocenters. The molecule has 14 nitrogen and oxygen atoms in total. The van der Waals surface area contributed by atoms with Crippen LogP contribution < -0.4 is 5.32 Å². The second-order valence-corrected chi connectivity index (χ2v) is 27.5. The van der Waals surface area contributed by atoms with E-state index in [-0.39, 0.29) is 12.5 Å². The molecule has 2 heterocycles. The van der Waals surface area contributed by atoms with Crippen molar-refractivity contribution in [1.29, 1.82) is 0 Å². The van der Waals surface area contributed by atoms with Gasteiger partial charge in [0.05, 0.1) is 32.0 Å². The van der Waals surface area contributed by atoms with Gasteiger partial charge in [0.15, 0.2) is 12.6 Å². The Morgan fingerprint density at radius 3 is 1.07 bits per heavy atom. The van der Waals surface area contributed by atoms with Crippen LogP contribution in [0.4, 0.5) is 0 Å². The maximum absolute atomic E-state index is 13.3. The standard InChI is InChI=1S/C75H145NO13/c1-3-5-7-9-11-13-15-17-19-20-21-22-23-24-25-26-27-28-29-30-31-32-33-34-35-36-37-38-39-40-41-42-43-44-45-47-49-51-53-55-57-59-67(80)76-63(64(79)58-56-54-52-50-48-46-18-16-14-12-10-8-6-4-2)62-86-74-72(85)70(83)73(66(61-78)88-74)89-75-71(84)69(82)68(81)65(60-77)87-75/h20-21,63-66,68-75,77-79,81-85H,3-19,22-62H2,1-2H3,(H,76,80)/b21-20-. The summed E-state index contributed by atoms with van der Waals surface area (Å²) in [7, 11) is 0. The number of unbranched alkanes of at least 4 members (excludes halogenated alkanes) is 50. The molecule has 0 aromatic heterocycles. The van der Waals surface area contributed by atoms with Gasteiger partial charge < -0.3 is 65.1 Å². The predicted octanol–water partition coefficient (Wildman–Crippen LogP) is 16.5. The van der Waals surface area contributed by atoms with E-state index in [1.807, 2.05) is 0 Å². The van der Waals surface area contributed by atoms with Crippen LogP contribution in [0, 0.1) is 0 Å². The Morgan fingerprint density at radius 1 is 0.393 bits per heavy atom. The van der Waals surface area contributed by atoms with Gasteiger partial charge >= 0.3 is 0 Å². The van der Waals surface area contributed by atoms with Gasteiger partial charge in [-0.15, -0.1) is 0 Å². The highest BCUT2D eigenvalue weighted by molar-refractivity contribution is 5.76. The molecule has 0 aliphatic carbocycles. The number of ether oxygens (including phenoxy) is 4. The SMILES string of the molecule is CCCCCCCCCC/C=C\CCCCCCCCCCCCCCCCCCCCCCCCCCCCCCCC(=O)NC(COC1OC(CO)C(OC2OC(CO)C(O)C(O)C2O)C(O)C1O)C(O)CCCCCCCCCCCCCCCC. The van der Waals surface area contributed by atoms with Crippen molar-refractivity contribution in [1.82, 2.24) is 5.32 Å². The highest BCUT2D eigenvalue weighted by Gasteiger charge is 2.51. The fourth-order valence-electron chi connectivity index (χ4n) is 13.1. The van der Waals surface area contributed by atoms with Crippen LogP contribution in [0.3, 0.4) is 0 Å². The molecule has 2 fully saturated rings. The highest BCUT2D eigenvalue weighted by Crippen LogP contribution is 2.30. The molecule has 0 aromatic rings. The van der Waals surface area contributed by atoms with Crippen LogP contribution in [0.2, 0.25) is 0 Å². The van der Waals surface area contributed by atoms with Crippen LogP contribution in [-0.2, 0) is 23.7 Å². The first-order chi connectivity index (χ1) is 43.6. The maximum Gasteiger partial charge on any atom is 0.220 e. The van der Waals surface area contributed by atoms with E-state index in [1.54, 1.807) is 0 Å². The normalized spacial score (nSPS) is 23.0. The first-order valence-corrected chi connectivity index (χ1v) is 38.4. The molecule has 0 radical (unpaired) electrons.